The molecular weight excluding hydrogens is 709 g/mol. The Bertz CT molecular complexity index is 1770. The number of hydrogen-bond donors (Lipinski definition) is 5. The molecule has 0 aliphatic carbocycles. The van der Waals surface area contributed by atoms with Crippen LogP contribution < -0.4 is 20.7 Å². The number of amides is 4. The van der Waals surface area contributed by atoms with Gasteiger partial charge in [0.15, 0.2) is 0 Å². The van der Waals surface area contributed by atoms with Crippen molar-refractivity contribution >= 4 is 23.7 Å². The predicted octanol–water partition coefficient (Wildman–Crippen LogP) is 5.12. The van der Waals surface area contributed by atoms with Crippen LogP contribution in [0.4, 0.5) is 28.4 Å². The molecule has 3 aliphatic heterocycles. The number of anilines is 1. The first-order valence-corrected chi connectivity index (χ1v) is 18.2. The van der Waals surface area contributed by atoms with Crippen molar-refractivity contribution in [2.75, 3.05) is 58.2 Å². The molecule has 0 radical (unpaired) electrons. The number of carbonyl (C=O) groups is 3. The number of halogens is 3. The van der Waals surface area contributed by atoms with Gasteiger partial charge in [0.2, 0.25) is 5.91 Å². The maximum absolute atomic E-state index is 13.6. The smallest absolute Gasteiger partial charge is 0.465 e. The summed E-state index contributed by atoms with van der Waals surface area (Å²) in [5.41, 5.74) is 2.00. The van der Waals surface area contributed by atoms with Gasteiger partial charge in [0.05, 0.1) is 17.8 Å². The number of methoxy groups -OCH3 is 1. The van der Waals surface area contributed by atoms with Crippen molar-refractivity contribution in [3.8, 4) is 28.1 Å². The number of benzene rings is 2. The number of likely N-dealkylation sites (tertiary alicyclic amines) is 1. The lowest BCUT2D eigenvalue weighted by atomic mass is 10.0. The largest absolute Gasteiger partial charge is 0.573 e. The number of carbonyl (C=O) groups excluding carboxylic acids is 2. The van der Waals surface area contributed by atoms with Gasteiger partial charge in [0.25, 0.3) is 0 Å². The summed E-state index contributed by atoms with van der Waals surface area (Å²) in [7, 11) is 1.55. The Kier molecular flexibility index (Phi) is 12.0. The third-order valence-corrected chi connectivity index (χ3v) is 10.4. The number of carboxylic acid groups (broad SMARTS) is 1. The Morgan fingerprint density at radius 1 is 1.00 bits per heavy atom. The van der Waals surface area contributed by atoms with E-state index in [9.17, 15) is 32.7 Å². The molecule has 4 heterocycles. The third-order valence-electron chi connectivity index (χ3n) is 10.4. The summed E-state index contributed by atoms with van der Waals surface area (Å²) in [4.78, 5) is 51.6. The van der Waals surface area contributed by atoms with Gasteiger partial charge in [-0.3, -0.25) is 9.69 Å². The van der Waals surface area contributed by atoms with E-state index in [1.807, 2.05) is 0 Å². The van der Waals surface area contributed by atoms with Crippen molar-refractivity contribution in [3.05, 3.63) is 54.5 Å². The minimum atomic E-state index is -4.97. The molecule has 0 unspecified atom stereocenters. The molecule has 3 atom stereocenters. The van der Waals surface area contributed by atoms with Crippen LogP contribution in [0.2, 0.25) is 0 Å². The normalized spacial score (nSPS) is 20.6. The number of nitrogens with zero attached hydrogens (tertiary/aromatic N) is 4. The van der Waals surface area contributed by atoms with Crippen LogP contribution in [-0.4, -0.2) is 125 Å². The fourth-order valence-corrected chi connectivity index (χ4v) is 7.48. The number of aromatic amines is 1. The van der Waals surface area contributed by atoms with E-state index in [4.69, 9.17) is 9.72 Å². The standard InChI is InChI=1S/C37H47F3N8O6/c1-22(2)32(45-36(51)52)34(49)48-21-27(53-3)19-30(48)33-42-20-29(44-33)24-6-4-23(5-7-24)28-9-8-25(18-31(28)54-37(38,39)40)43-35(50)47-16-14-46(15-17-47)26-10-12-41-13-11-26/h4-9,18,20,22,26-27,30,32,41,45H,10-17,19,21H2,1-3H3,(H,42,44)(H,43,50)(H,51,52)/t27-,30-,32-/m0/s1. The molecule has 5 N–H and O–H groups in total. The van der Waals surface area contributed by atoms with Crippen molar-refractivity contribution in [1.29, 1.82) is 0 Å². The van der Waals surface area contributed by atoms with Crippen molar-refractivity contribution in [2.24, 2.45) is 5.92 Å². The number of ether oxygens (including phenoxy) is 2. The second kappa shape index (κ2) is 16.7. The molecule has 3 saturated heterocycles. The number of piperazine rings is 1. The molecule has 14 nitrogen and oxygen atoms in total. The number of nitrogens with one attached hydrogen (secondary N) is 4. The average molecular weight is 757 g/mol. The topological polar surface area (TPSA) is 164 Å². The second-order valence-corrected chi connectivity index (χ2v) is 14.2. The van der Waals surface area contributed by atoms with E-state index < -0.39 is 30.3 Å². The molecule has 3 aromatic rings. The molecule has 0 saturated carbocycles. The molecule has 54 heavy (non-hydrogen) atoms. The van der Waals surface area contributed by atoms with Crippen LogP contribution >= 0.6 is 0 Å². The molecular formula is C37H47F3N8O6. The van der Waals surface area contributed by atoms with Crippen molar-refractivity contribution in [3.63, 3.8) is 0 Å². The van der Waals surface area contributed by atoms with E-state index in [2.05, 4.69) is 30.6 Å². The number of H-pyrrole nitrogens is 1. The van der Waals surface area contributed by atoms with Crippen LogP contribution in [-0.2, 0) is 9.53 Å². The summed E-state index contributed by atoms with van der Waals surface area (Å²) >= 11 is 0. The van der Waals surface area contributed by atoms with Crippen molar-refractivity contribution < 1.29 is 42.1 Å². The van der Waals surface area contributed by atoms with Crippen molar-refractivity contribution in [1.82, 2.24) is 35.3 Å². The summed E-state index contributed by atoms with van der Waals surface area (Å²) < 4.78 is 50.8. The fourth-order valence-electron chi connectivity index (χ4n) is 7.48. The lowest BCUT2D eigenvalue weighted by Crippen LogP contribution is -2.54. The maximum Gasteiger partial charge on any atom is 0.573 e. The minimum absolute atomic E-state index is 0.176. The van der Waals surface area contributed by atoms with Crippen LogP contribution in [0.15, 0.2) is 48.7 Å². The van der Waals surface area contributed by atoms with Crippen LogP contribution in [0.3, 0.4) is 0 Å². The molecule has 1 aromatic heterocycles. The number of alkyl halides is 3. The molecule has 17 heteroatoms. The number of urea groups is 1. The van der Waals surface area contributed by atoms with E-state index >= 15 is 0 Å². The number of aromatic nitrogens is 2. The van der Waals surface area contributed by atoms with Gasteiger partial charge in [0.1, 0.15) is 17.6 Å². The number of imidazole rings is 1. The highest BCUT2D eigenvalue weighted by Crippen LogP contribution is 2.38. The van der Waals surface area contributed by atoms with E-state index in [-0.39, 0.29) is 41.8 Å². The number of piperidine rings is 1. The van der Waals surface area contributed by atoms with Crippen molar-refractivity contribution in [2.45, 2.75) is 63.7 Å². The molecule has 3 aliphatic rings. The SMILES string of the molecule is CO[C@H]1C[C@@H](c2nc(-c3ccc(-c4ccc(NC(=O)N5CCN(C6CCNCC6)CC5)cc4OC(F)(F)F)cc3)c[nH]2)N(C(=O)[C@@H](NC(=O)O)C(C)C)C1. The zero-order valence-electron chi connectivity index (χ0n) is 30.5. The molecule has 6 rings (SSSR count). The number of hydrogen-bond acceptors (Lipinski definition) is 8. The minimum Gasteiger partial charge on any atom is -0.465 e. The van der Waals surface area contributed by atoms with Crippen LogP contribution in [0, 0.1) is 5.92 Å². The van der Waals surface area contributed by atoms with E-state index in [0.29, 0.717) is 48.2 Å². The van der Waals surface area contributed by atoms with E-state index in [0.717, 1.165) is 39.0 Å². The van der Waals surface area contributed by atoms with Crippen LogP contribution in [0.25, 0.3) is 22.4 Å². The summed E-state index contributed by atoms with van der Waals surface area (Å²) in [5, 5.41) is 17.7. The summed E-state index contributed by atoms with van der Waals surface area (Å²) in [6.07, 6.45) is -2.29. The lowest BCUT2D eigenvalue weighted by molar-refractivity contribution is -0.274. The first-order valence-electron chi connectivity index (χ1n) is 18.2. The zero-order chi connectivity index (χ0) is 38.6. The van der Waals surface area contributed by atoms with Gasteiger partial charge in [0, 0.05) is 81.4 Å². The molecule has 4 amide bonds. The van der Waals surface area contributed by atoms with Gasteiger partial charge in [-0.15, -0.1) is 13.2 Å². The van der Waals surface area contributed by atoms with Gasteiger partial charge >= 0.3 is 18.5 Å². The number of rotatable bonds is 10. The van der Waals surface area contributed by atoms with E-state index in [1.54, 1.807) is 67.3 Å². The first-order chi connectivity index (χ1) is 25.8. The van der Waals surface area contributed by atoms with E-state index in [1.165, 1.54) is 12.1 Å². The Hall–Kier alpha value is -4.87. The molecule has 3 fully saturated rings. The summed E-state index contributed by atoms with van der Waals surface area (Å²) in [6, 6.07) is 9.60. The molecule has 0 bridgehead atoms. The Morgan fingerprint density at radius 3 is 2.31 bits per heavy atom. The Labute approximate surface area is 311 Å². The molecule has 2 aromatic carbocycles. The Morgan fingerprint density at radius 2 is 1.69 bits per heavy atom. The highest BCUT2D eigenvalue weighted by Gasteiger charge is 2.41. The molecule has 0 spiro atoms. The van der Waals surface area contributed by atoms with Gasteiger partial charge in [-0.1, -0.05) is 38.1 Å². The highest BCUT2D eigenvalue weighted by molar-refractivity contribution is 5.90. The summed E-state index contributed by atoms with van der Waals surface area (Å²) in [5.74, 6) is -0.648. The zero-order valence-corrected chi connectivity index (χ0v) is 30.5. The Balaban J connectivity index is 1.15. The third kappa shape index (κ3) is 9.25. The average Bonchev–Trinajstić information content (AvgIpc) is 3.82. The maximum atomic E-state index is 13.6. The quantitative estimate of drug-likeness (QED) is 0.189. The first kappa shape index (κ1) is 38.8. The fraction of sp³-hybridized carbons (Fsp3) is 0.514. The van der Waals surface area contributed by atoms with Gasteiger partial charge in [-0.25, -0.2) is 14.6 Å². The lowest BCUT2D eigenvalue weighted by Gasteiger charge is -2.40. The summed E-state index contributed by atoms with van der Waals surface area (Å²) in [6.45, 7) is 8.28. The monoisotopic (exact) mass is 756 g/mol. The van der Waals surface area contributed by atoms with Gasteiger partial charge in [-0.05, 0) is 49.5 Å². The second-order valence-electron chi connectivity index (χ2n) is 14.2. The van der Waals surface area contributed by atoms with Gasteiger partial charge < -0.3 is 45.3 Å². The molecule has 292 valence electrons. The predicted molar refractivity (Wildman–Crippen MR) is 194 cm³/mol. The van der Waals surface area contributed by atoms with Crippen LogP contribution in [0.5, 0.6) is 5.75 Å². The van der Waals surface area contributed by atoms with Gasteiger partial charge in [-0.2, -0.15) is 0 Å². The van der Waals surface area contributed by atoms with Crippen LogP contribution in [0.1, 0.15) is 45.0 Å². The highest BCUT2D eigenvalue weighted by atomic mass is 19.4.